The molecule has 0 aliphatic rings. The van der Waals surface area contributed by atoms with Crippen molar-refractivity contribution in [3.63, 3.8) is 0 Å². The van der Waals surface area contributed by atoms with E-state index in [4.69, 9.17) is 31.3 Å². The van der Waals surface area contributed by atoms with Crippen LogP contribution in [0.5, 0.6) is 0 Å². The Kier molecular flexibility index (Phi) is 10.4. The number of nitrogens with zero attached hydrogens (tertiary/aromatic N) is 1. The van der Waals surface area contributed by atoms with Crippen molar-refractivity contribution < 1.29 is 30.3 Å². The van der Waals surface area contributed by atoms with Gasteiger partial charge < -0.3 is 31.3 Å². The molecule has 0 radical (unpaired) electrons. The second-order valence-electron chi connectivity index (χ2n) is 3.39. The van der Waals surface area contributed by atoms with Gasteiger partial charge in [-0.2, -0.15) is 0 Å². The van der Waals surface area contributed by atoms with Gasteiger partial charge in [0.1, 0.15) is 0 Å². The SMILES string of the molecule is CN(CO)CC(=O)O.NC(CO)(CO)CO. The van der Waals surface area contributed by atoms with Gasteiger partial charge in [0, 0.05) is 0 Å². The zero-order valence-electron chi connectivity index (χ0n) is 9.20. The van der Waals surface area contributed by atoms with Gasteiger partial charge >= 0.3 is 5.97 Å². The van der Waals surface area contributed by atoms with E-state index >= 15 is 0 Å². The van der Waals surface area contributed by atoms with Gasteiger partial charge in [-0.3, -0.25) is 9.69 Å². The van der Waals surface area contributed by atoms with Crippen LogP contribution in [0.4, 0.5) is 0 Å². The van der Waals surface area contributed by atoms with Crippen molar-refractivity contribution in [3.05, 3.63) is 0 Å². The topological polar surface area (TPSA) is 147 Å². The number of aliphatic hydroxyl groups excluding tert-OH is 4. The summed E-state index contributed by atoms with van der Waals surface area (Å²) in [5.74, 6) is -0.929. The third-order valence-corrected chi connectivity index (χ3v) is 1.59. The van der Waals surface area contributed by atoms with Crippen LogP contribution in [0.15, 0.2) is 0 Å². The van der Waals surface area contributed by atoms with Gasteiger partial charge in [-0.15, -0.1) is 0 Å². The van der Waals surface area contributed by atoms with Crippen molar-refractivity contribution in [3.8, 4) is 0 Å². The zero-order valence-corrected chi connectivity index (χ0v) is 9.20. The molecule has 0 aliphatic heterocycles. The van der Waals surface area contributed by atoms with E-state index in [1.165, 1.54) is 11.9 Å². The highest BCUT2D eigenvalue weighted by Crippen LogP contribution is 1.93. The number of aliphatic hydroxyl groups is 4. The Morgan fingerprint density at radius 3 is 1.62 bits per heavy atom. The Morgan fingerprint density at radius 2 is 1.56 bits per heavy atom. The average molecular weight is 240 g/mol. The molecule has 0 amide bonds. The monoisotopic (exact) mass is 240 g/mol. The van der Waals surface area contributed by atoms with Gasteiger partial charge in [0.2, 0.25) is 0 Å². The van der Waals surface area contributed by atoms with Crippen molar-refractivity contribution >= 4 is 5.97 Å². The lowest BCUT2D eigenvalue weighted by atomic mass is 10.1. The van der Waals surface area contributed by atoms with Gasteiger partial charge in [-0.05, 0) is 7.05 Å². The number of rotatable bonds is 6. The summed E-state index contributed by atoms with van der Waals surface area (Å²) in [6.45, 7) is -1.54. The summed E-state index contributed by atoms with van der Waals surface area (Å²) < 4.78 is 0. The van der Waals surface area contributed by atoms with E-state index in [9.17, 15) is 4.79 Å². The summed E-state index contributed by atoms with van der Waals surface area (Å²) in [7, 11) is 1.52. The minimum atomic E-state index is -1.21. The first-order valence-electron chi connectivity index (χ1n) is 4.48. The molecular formula is C8H20N2O6. The van der Waals surface area contributed by atoms with Gasteiger partial charge in [0.25, 0.3) is 0 Å². The molecule has 8 nitrogen and oxygen atoms in total. The predicted octanol–water partition coefficient (Wildman–Crippen LogP) is -3.39. The highest BCUT2D eigenvalue weighted by molar-refractivity contribution is 5.68. The molecule has 0 bridgehead atoms. The number of carboxylic acids is 1. The van der Waals surface area contributed by atoms with Crippen LogP contribution in [0.1, 0.15) is 0 Å². The molecule has 7 N–H and O–H groups in total. The Balaban J connectivity index is 0. The highest BCUT2D eigenvalue weighted by Gasteiger charge is 2.20. The number of likely N-dealkylation sites (N-methyl/N-ethyl adjacent to an activating group) is 1. The number of carbonyl (C=O) groups is 1. The van der Waals surface area contributed by atoms with Crippen molar-refractivity contribution in [2.75, 3.05) is 40.1 Å². The summed E-state index contributed by atoms with van der Waals surface area (Å²) >= 11 is 0. The standard InChI is InChI=1S/C4H9NO3.C4H11NO3/c1-5(3-6)2-4(7)8;5-4(1-6,2-7)3-8/h6H,2-3H2,1H3,(H,7,8);6-8H,1-3,5H2. The number of nitrogens with two attached hydrogens (primary N) is 1. The van der Waals surface area contributed by atoms with E-state index < -0.39 is 31.3 Å². The minimum Gasteiger partial charge on any atom is -0.480 e. The molecule has 98 valence electrons. The molecule has 0 saturated heterocycles. The van der Waals surface area contributed by atoms with Gasteiger partial charge in [0.15, 0.2) is 0 Å². The summed E-state index contributed by atoms with van der Waals surface area (Å²) in [5.41, 5.74) is 3.94. The van der Waals surface area contributed by atoms with Crippen LogP contribution in [0.25, 0.3) is 0 Å². The van der Waals surface area contributed by atoms with Crippen molar-refractivity contribution in [2.45, 2.75) is 5.54 Å². The molecule has 0 fully saturated rings. The third-order valence-electron chi connectivity index (χ3n) is 1.59. The van der Waals surface area contributed by atoms with E-state index in [-0.39, 0.29) is 13.3 Å². The first kappa shape index (κ1) is 17.6. The van der Waals surface area contributed by atoms with E-state index in [0.29, 0.717) is 0 Å². The Morgan fingerprint density at radius 1 is 1.19 bits per heavy atom. The van der Waals surface area contributed by atoms with E-state index in [0.717, 1.165) is 0 Å². The molecule has 0 rings (SSSR count). The van der Waals surface area contributed by atoms with Crippen LogP contribution in [-0.2, 0) is 4.79 Å². The number of hydrogen-bond acceptors (Lipinski definition) is 7. The van der Waals surface area contributed by atoms with Crippen LogP contribution in [0, 0.1) is 0 Å². The lowest BCUT2D eigenvalue weighted by Gasteiger charge is -2.20. The van der Waals surface area contributed by atoms with Crippen molar-refractivity contribution in [2.24, 2.45) is 5.73 Å². The molecule has 0 heterocycles. The number of carboxylic acid groups (broad SMARTS) is 1. The predicted molar refractivity (Wildman–Crippen MR) is 55.5 cm³/mol. The summed E-state index contributed by atoms with van der Waals surface area (Å²) in [5, 5.41) is 41.3. The first-order valence-corrected chi connectivity index (χ1v) is 4.48. The Bertz CT molecular complexity index is 177. The van der Waals surface area contributed by atoms with Crippen molar-refractivity contribution in [1.82, 2.24) is 4.90 Å². The molecule has 0 atom stereocenters. The minimum absolute atomic E-state index is 0.115. The molecule has 16 heavy (non-hydrogen) atoms. The zero-order chi connectivity index (χ0) is 13.2. The van der Waals surface area contributed by atoms with Gasteiger partial charge in [-0.25, -0.2) is 0 Å². The molecule has 8 heteroatoms. The highest BCUT2D eigenvalue weighted by atomic mass is 16.4. The molecular weight excluding hydrogens is 220 g/mol. The first-order chi connectivity index (χ1) is 7.35. The fraction of sp³-hybridized carbons (Fsp3) is 0.875. The molecule has 0 aromatic heterocycles. The summed E-state index contributed by atoms with van der Waals surface area (Å²) in [6.07, 6.45) is 0. The third kappa shape index (κ3) is 9.77. The average Bonchev–Trinajstić information content (AvgIpc) is 2.28. The molecule has 0 aromatic rings. The second-order valence-corrected chi connectivity index (χ2v) is 3.39. The van der Waals surface area contributed by atoms with Crippen LogP contribution in [0.3, 0.4) is 0 Å². The van der Waals surface area contributed by atoms with Crippen LogP contribution < -0.4 is 5.73 Å². The maximum Gasteiger partial charge on any atom is 0.317 e. The molecule has 0 unspecified atom stereocenters. The smallest absolute Gasteiger partial charge is 0.317 e. The van der Waals surface area contributed by atoms with Gasteiger partial charge in [0.05, 0.1) is 38.6 Å². The van der Waals surface area contributed by atoms with E-state index in [1.807, 2.05) is 0 Å². The molecule has 0 saturated carbocycles. The fourth-order valence-corrected chi connectivity index (χ4v) is 0.431. The van der Waals surface area contributed by atoms with Gasteiger partial charge in [-0.1, -0.05) is 0 Å². The van der Waals surface area contributed by atoms with E-state index in [2.05, 4.69) is 0 Å². The van der Waals surface area contributed by atoms with Crippen LogP contribution in [0.2, 0.25) is 0 Å². The Labute approximate surface area is 93.5 Å². The largest absolute Gasteiger partial charge is 0.480 e. The van der Waals surface area contributed by atoms with E-state index in [1.54, 1.807) is 0 Å². The lowest BCUT2D eigenvalue weighted by Crippen LogP contribution is -2.50. The summed E-state index contributed by atoms with van der Waals surface area (Å²) in [6, 6.07) is 0. The molecule has 0 spiro atoms. The Hall–Kier alpha value is -0.770. The number of aliphatic carboxylic acids is 1. The quantitative estimate of drug-likeness (QED) is 0.263. The van der Waals surface area contributed by atoms with Crippen molar-refractivity contribution in [1.29, 1.82) is 0 Å². The second kappa shape index (κ2) is 9.46. The number of hydrogen-bond donors (Lipinski definition) is 6. The normalized spacial score (nSPS) is 10.9. The maximum absolute atomic E-state index is 9.82. The van der Waals surface area contributed by atoms with Crippen LogP contribution >= 0.6 is 0 Å². The molecule has 0 aromatic carbocycles. The lowest BCUT2D eigenvalue weighted by molar-refractivity contribution is -0.138. The maximum atomic E-state index is 9.82. The molecule has 0 aliphatic carbocycles. The fourth-order valence-electron chi connectivity index (χ4n) is 0.431. The van der Waals surface area contributed by atoms with Crippen LogP contribution in [-0.4, -0.2) is 82.1 Å². The summed E-state index contributed by atoms with van der Waals surface area (Å²) in [4.78, 5) is 11.1.